The summed E-state index contributed by atoms with van der Waals surface area (Å²) in [7, 11) is 0. The average molecular weight is 574 g/mol. The molecule has 0 spiro atoms. The van der Waals surface area contributed by atoms with E-state index >= 15 is 0 Å². The van der Waals surface area contributed by atoms with E-state index in [9.17, 15) is 0 Å². The van der Waals surface area contributed by atoms with Crippen LogP contribution in [0.3, 0.4) is 0 Å². The number of aromatic nitrogens is 3. The van der Waals surface area contributed by atoms with Crippen LogP contribution in [0.5, 0.6) is 0 Å². The van der Waals surface area contributed by atoms with Gasteiger partial charge in [0.2, 0.25) is 0 Å². The van der Waals surface area contributed by atoms with Crippen LogP contribution in [0.4, 0.5) is 0 Å². The third kappa shape index (κ3) is 3.90. The van der Waals surface area contributed by atoms with Crippen LogP contribution in [0.2, 0.25) is 0 Å². The van der Waals surface area contributed by atoms with Crippen LogP contribution in [0, 0.1) is 0 Å². The molecule has 0 N–H and O–H groups in total. The van der Waals surface area contributed by atoms with Crippen LogP contribution < -0.4 is 0 Å². The standard InChI is InChI=1S/C39H31N3S/c1-38(2)30-18-10-8-16-27(30)34-28(17-12-19-31(34)39(38,3)4)37-41-35(24-13-6-5-7-14-24)40-36(42-37)25-21-22-33-29(23-25)26-15-9-11-20-32(26)43-33/h5-23H,1-4H3. The molecule has 0 saturated heterocycles. The zero-order chi connectivity index (χ0) is 29.3. The zero-order valence-corrected chi connectivity index (χ0v) is 25.5. The fourth-order valence-electron chi connectivity index (χ4n) is 6.68. The normalized spacial score (nSPS) is 14.9. The molecular weight excluding hydrogens is 543 g/mol. The molecule has 0 bridgehead atoms. The number of rotatable bonds is 3. The second-order valence-corrected chi connectivity index (χ2v) is 13.6. The molecule has 0 saturated carbocycles. The topological polar surface area (TPSA) is 38.7 Å². The smallest absolute Gasteiger partial charge is 0.164 e. The Morgan fingerprint density at radius 3 is 1.91 bits per heavy atom. The van der Waals surface area contributed by atoms with Gasteiger partial charge in [-0.1, -0.05) is 119 Å². The van der Waals surface area contributed by atoms with Gasteiger partial charge in [0.15, 0.2) is 17.5 Å². The number of hydrogen-bond acceptors (Lipinski definition) is 4. The van der Waals surface area contributed by atoms with Crippen LogP contribution in [-0.4, -0.2) is 15.0 Å². The highest BCUT2D eigenvalue weighted by atomic mass is 32.1. The van der Waals surface area contributed by atoms with Gasteiger partial charge in [0.1, 0.15) is 0 Å². The molecule has 2 heterocycles. The maximum atomic E-state index is 5.22. The minimum absolute atomic E-state index is 0.0482. The predicted molar refractivity (Wildman–Crippen MR) is 181 cm³/mol. The summed E-state index contributed by atoms with van der Waals surface area (Å²) < 4.78 is 2.55. The van der Waals surface area contributed by atoms with Gasteiger partial charge in [-0.2, -0.15) is 0 Å². The van der Waals surface area contributed by atoms with E-state index in [1.54, 1.807) is 0 Å². The summed E-state index contributed by atoms with van der Waals surface area (Å²) in [5.41, 5.74) is 8.00. The van der Waals surface area contributed by atoms with Crippen LogP contribution in [0.15, 0.2) is 115 Å². The van der Waals surface area contributed by atoms with Crippen LogP contribution in [-0.2, 0) is 10.8 Å². The van der Waals surface area contributed by atoms with Gasteiger partial charge < -0.3 is 0 Å². The van der Waals surface area contributed by atoms with Gasteiger partial charge in [-0.15, -0.1) is 11.3 Å². The second kappa shape index (κ2) is 9.42. The first-order chi connectivity index (χ1) is 20.8. The first-order valence-corrected chi connectivity index (χ1v) is 15.6. The van der Waals surface area contributed by atoms with Crippen molar-refractivity contribution < 1.29 is 0 Å². The summed E-state index contributed by atoms with van der Waals surface area (Å²) in [6.45, 7) is 9.45. The van der Waals surface area contributed by atoms with E-state index in [2.05, 4.69) is 125 Å². The molecule has 3 nitrogen and oxygen atoms in total. The first kappa shape index (κ1) is 26.0. The van der Waals surface area contributed by atoms with Gasteiger partial charge >= 0.3 is 0 Å². The molecular formula is C39H31N3S. The zero-order valence-electron chi connectivity index (χ0n) is 24.7. The SMILES string of the molecule is CC1(C)c2ccccc2-c2c(-c3nc(-c4ccccc4)nc(-c4ccc5sc6ccccc6c5c4)n3)cccc2C1(C)C. The molecule has 0 radical (unpaired) electrons. The largest absolute Gasteiger partial charge is 0.208 e. The first-order valence-electron chi connectivity index (χ1n) is 14.8. The fourth-order valence-corrected chi connectivity index (χ4v) is 7.76. The van der Waals surface area contributed by atoms with Crippen LogP contribution in [0.1, 0.15) is 38.8 Å². The van der Waals surface area contributed by atoms with Crippen molar-refractivity contribution in [3.8, 4) is 45.3 Å². The van der Waals surface area contributed by atoms with Crippen molar-refractivity contribution in [3.63, 3.8) is 0 Å². The molecule has 2 aromatic heterocycles. The Balaban J connectivity index is 1.40. The Morgan fingerprint density at radius 2 is 1.07 bits per heavy atom. The summed E-state index contributed by atoms with van der Waals surface area (Å²) in [6.07, 6.45) is 0. The van der Waals surface area contributed by atoms with Gasteiger partial charge in [-0.05, 0) is 57.3 Å². The molecule has 8 rings (SSSR count). The number of benzene rings is 5. The van der Waals surface area contributed by atoms with E-state index in [1.165, 1.54) is 42.4 Å². The van der Waals surface area contributed by atoms with E-state index in [4.69, 9.17) is 15.0 Å². The van der Waals surface area contributed by atoms with Crippen molar-refractivity contribution in [2.75, 3.05) is 0 Å². The minimum Gasteiger partial charge on any atom is -0.208 e. The Kier molecular flexibility index (Phi) is 5.69. The molecule has 0 unspecified atom stereocenters. The van der Waals surface area contributed by atoms with Crippen LogP contribution >= 0.6 is 11.3 Å². The van der Waals surface area contributed by atoms with E-state index < -0.39 is 0 Å². The summed E-state index contributed by atoms with van der Waals surface area (Å²) in [5.74, 6) is 2.06. The molecule has 4 heteroatoms. The third-order valence-electron chi connectivity index (χ3n) is 9.71. The lowest BCUT2D eigenvalue weighted by Gasteiger charge is -2.48. The van der Waals surface area contributed by atoms with Gasteiger partial charge in [0, 0.05) is 36.9 Å². The van der Waals surface area contributed by atoms with E-state index in [0.717, 1.165) is 16.7 Å². The molecule has 208 valence electrons. The molecule has 7 aromatic rings. The highest BCUT2D eigenvalue weighted by Gasteiger charge is 2.46. The number of nitrogens with zero attached hydrogens (tertiary/aromatic N) is 3. The summed E-state index contributed by atoms with van der Waals surface area (Å²) in [4.78, 5) is 15.4. The number of hydrogen-bond donors (Lipinski definition) is 0. The second-order valence-electron chi connectivity index (χ2n) is 12.5. The Bertz CT molecular complexity index is 2190. The Hall–Kier alpha value is -4.67. The minimum atomic E-state index is -0.101. The highest BCUT2D eigenvalue weighted by Crippen LogP contribution is 2.55. The van der Waals surface area contributed by atoms with Crippen molar-refractivity contribution >= 4 is 31.5 Å². The molecule has 0 amide bonds. The summed E-state index contributed by atoms with van der Waals surface area (Å²) >= 11 is 1.82. The molecule has 5 aromatic carbocycles. The molecule has 1 aliphatic carbocycles. The average Bonchev–Trinajstić information content (AvgIpc) is 3.42. The van der Waals surface area contributed by atoms with Gasteiger partial charge in [-0.25, -0.2) is 15.0 Å². The molecule has 0 fully saturated rings. The fraction of sp³-hybridized carbons (Fsp3) is 0.154. The highest BCUT2D eigenvalue weighted by molar-refractivity contribution is 7.25. The van der Waals surface area contributed by atoms with E-state index in [-0.39, 0.29) is 10.8 Å². The van der Waals surface area contributed by atoms with E-state index in [0.29, 0.717) is 17.5 Å². The Morgan fingerprint density at radius 1 is 0.465 bits per heavy atom. The van der Waals surface area contributed by atoms with Gasteiger partial charge in [0.25, 0.3) is 0 Å². The molecule has 0 aliphatic heterocycles. The van der Waals surface area contributed by atoms with Crippen LogP contribution in [0.25, 0.3) is 65.5 Å². The molecule has 1 aliphatic rings. The summed E-state index contributed by atoms with van der Waals surface area (Å²) in [6, 6.07) is 40.9. The Labute approximate surface area is 256 Å². The predicted octanol–water partition coefficient (Wildman–Crippen LogP) is 10.5. The lowest BCUT2D eigenvalue weighted by atomic mass is 9.55. The lowest BCUT2D eigenvalue weighted by molar-refractivity contribution is 0.299. The van der Waals surface area contributed by atoms with Gasteiger partial charge in [0.05, 0.1) is 0 Å². The molecule has 0 atom stereocenters. The van der Waals surface area contributed by atoms with Gasteiger partial charge in [-0.3, -0.25) is 0 Å². The monoisotopic (exact) mass is 573 g/mol. The van der Waals surface area contributed by atoms with Crippen molar-refractivity contribution in [1.29, 1.82) is 0 Å². The van der Waals surface area contributed by atoms with Crippen molar-refractivity contribution in [3.05, 3.63) is 126 Å². The quantitative estimate of drug-likeness (QED) is 0.211. The molecule has 43 heavy (non-hydrogen) atoms. The summed E-state index contributed by atoms with van der Waals surface area (Å²) in [5, 5.41) is 2.50. The van der Waals surface area contributed by atoms with Crippen molar-refractivity contribution in [2.45, 2.75) is 38.5 Å². The van der Waals surface area contributed by atoms with Crippen molar-refractivity contribution in [1.82, 2.24) is 15.0 Å². The van der Waals surface area contributed by atoms with Crippen molar-refractivity contribution in [2.24, 2.45) is 0 Å². The maximum absolute atomic E-state index is 5.22. The maximum Gasteiger partial charge on any atom is 0.164 e. The lowest BCUT2D eigenvalue weighted by Crippen LogP contribution is -2.43. The van der Waals surface area contributed by atoms with E-state index in [1.807, 2.05) is 29.5 Å². The number of fused-ring (bicyclic) bond motifs is 6. The third-order valence-corrected chi connectivity index (χ3v) is 10.9. The number of thiophene rings is 1.